The molecule has 0 aliphatic rings. The third kappa shape index (κ3) is 3.85. The van der Waals surface area contributed by atoms with Crippen molar-refractivity contribution in [3.05, 3.63) is 60.3 Å². The van der Waals surface area contributed by atoms with Crippen molar-refractivity contribution in [1.29, 1.82) is 0 Å². The van der Waals surface area contributed by atoms with E-state index in [-0.39, 0.29) is 6.54 Å². The molecule has 104 valence electrons. The van der Waals surface area contributed by atoms with Crippen LogP contribution in [0.5, 0.6) is 0 Å². The standard InChI is InChI=1S/C14H11Cl3N2O/c15-14(16,17)13(20)19(12-8-4-5-9-18-12)10-11-6-2-1-3-7-11/h1-9H,10H2. The summed E-state index contributed by atoms with van der Waals surface area (Å²) in [6.07, 6.45) is 1.58. The number of pyridine rings is 1. The van der Waals surface area contributed by atoms with E-state index in [2.05, 4.69) is 4.98 Å². The van der Waals surface area contributed by atoms with E-state index in [0.29, 0.717) is 5.82 Å². The Balaban J connectivity index is 2.33. The largest absolute Gasteiger partial charge is 0.289 e. The van der Waals surface area contributed by atoms with Crippen LogP contribution in [0.3, 0.4) is 0 Å². The molecule has 0 fully saturated rings. The minimum atomic E-state index is -2.02. The Morgan fingerprint density at radius 2 is 1.70 bits per heavy atom. The van der Waals surface area contributed by atoms with Crippen molar-refractivity contribution < 1.29 is 4.79 Å². The lowest BCUT2D eigenvalue weighted by Crippen LogP contribution is -2.39. The summed E-state index contributed by atoms with van der Waals surface area (Å²) in [6, 6.07) is 14.7. The molecule has 0 unspecified atom stereocenters. The van der Waals surface area contributed by atoms with Gasteiger partial charge >= 0.3 is 0 Å². The van der Waals surface area contributed by atoms with Crippen molar-refractivity contribution in [1.82, 2.24) is 4.98 Å². The van der Waals surface area contributed by atoms with Gasteiger partial charge in [0.05, 0.1) is 6.54 Å². The summed E-state index contributed by atoms with van der Waals surface area (Å²) in [4.78, 5) is 17.7. The third-order valence-corrected chi connectivity index (χ3v) is 3.08. The molecule has 0 radical (unpaired) electrons. The molecule has 2 aromatic rings. The summed E-state index contributed by atoms with van der Waals surface area (Å²) in [6.45, 7) is 0.282. The van der Waals surface area contributed by atoms with Crippen molar-refractivity contribution in [2.24, 2.45) is 0 Å². The van der Waals surface area contributed by atoms with Crippen molar-refractivity contribution in [3.63, 3.8) is 0 Å². The summed E-state index contributed by atoms with van der Waals surface area (Å²) in [5.74, 6) is -0.197. The molecule has 0 atom stereocenters. The summed E-state index contributed by atoms with van der Waals surface area (Å²) in [7, 11) is 0. The van der Waals surface area contributed by atoms with Gasteiger partial charge in [0.1, 0.15) is 5.82 Å². The Morgan fingerprint density at radius 1 is 1.05 bits per heavy atom. The number of anilines is 1. The molecule has 0 N–H and O–H groups in total. The van der Waals surface area contributed by atoms with Crippen LogP contribution in [0.1, 0.15) is 5.56 Å². The van der Waals surface area contributed by atoms with E-state index in [1.165, 1.54) is 4.90 Å². The fraction of sp³-hybridized carbons (Fsp3) is 0.143. The predicted molar refractivity (Wildman–Crippen MR) is 82.2 cm³/mol. The van der Waals surface area contributed by atoms with Crippen LogP contribution >= 0.6 is 34.8 Å². The average Bonchev–Trinajstić information content (AvgIpc) is 2.45. The van der Waals surface area contributed by atoms with Gasteiger partial charge < -0.3 is 0 Å². The Bertz CT molecular complexity index is 570. The van der Waals surface area contributed by atoms with Crippen LogP contribution in [-0.4, -0.2) is 14.7 Å². The van der Waals surface area contributed by atoms with Crippen LogP contribution in [0.2, 0.25) is 0 Å². The number of hydrogen-bond donors (Lipinski definition) is 0. The monoisotopic (exact) mass is 328 g/mol. The van der Waals surface area contributed by atoms with Crippen molar-refractivity contribution in [2.75, 3.05) is 4.90 Å². The highest BCUT2D eigenvalue weighted by molar-refractivity contribution is 6.76. The lowest BCUT2D eigenvalue weighted by Gasteiger charge is -2.25. The van der Waals surface area contributed by atoms with Crippen LogP contribution in [0, 0.1) is 0 Å². The Kier molecular flexibility index (Phi) is 4.86. The molecule has 0 spiro atoms. The molecule has 20 heavy (non-hydrogen) atoms. The second-order valence-electron chi connectivity index (χ2n) is 4.06. The van der Waals surface area contributed by atoms with Gasteiger partial charge in [-0.1, -0.05) is 71.2 Å². The van der Waals surface area contributed by atoms with Crippen LogP contribution < -0.4 is 4.90 Å². The maximum absolute atomic E-state index is 12.3. The van der Waals surface area contributed by atoms with E-state index in [9.17, 15) is 4.79 Å². The second kappa shape index (κ2) is 6.44. The van der Waals surface area contributed by atoms with Gasteiger partial charge in [0.2, 0.25) is 0 Å². The number of amides is 1. The first-order chi connectivity index (χ1) is 9.48. The first-order valence-corrected chi connectivity index (χ1v) is 6.95. The highest BCUT2D eigenvalue weighted by Gasteiger charge is 2.36. The molecular weight excluding hydrogens is 319 g/mol. The van der Waals surface area contributed by atoms with Gasteiger partial charge in [-0.25, -0.2) is 4.98 Å². The van der Waals surface area contributed by atoms with Gasteiger partial charge in [-0.05, 0) is 17.7 Å². The van der Waals surface area contributed by atoms with E-state index in [0.717, 1.165) is 5.56 Å². The zero-order valence-electron chi connectivity index (χ0n) is 10.3. The lowest BCUT2D eigenvalue weighted by atomic mass is 10.2. The topological polar surface area (TPSA) is 33.2 Å². The second-order valence-corrected chi connectivity index (χ2v) is 6.34. The number of benzene rings is 1. The normalized spacial score (nSPS) is 11.2. The number of rotatable bonds is 3. The SMILES string of the molecule is O=C(N(Cc1ccccc1)c1ccccn1)C(Cl)(Cl)Cl. The Labute approximate surface area is 132 Å². The molecule has 0 aliphatic heterocycles. The summed E-state index contributed by atoms with van der Waals surface area (Å²) < 4.78 is -2.02. The number of halogens is 3. The molecule has 2 rings (SSSR count). The van der Waals surface area contributed by atoms with Crippen molar-refractivity contribution in [2.45, 2.75) is 10.3 Å². The van der Waals surface area contributed by atoms with Crippen molar-refractivity contribution >= 4 is 46.5 Å². The maximum atomic E-state index is 12.3. The van der Waals surface area contributed by atoms with Gasteiger partial charge in [-0.15, -0.1) is 0 Å². The molecule has 1 heterocycles. The molecule has 1 aromatic carbocycles. The van der Waals surface area contributed by atoms with E-state index in [1.54, 1.807) is 24.4 Å². The van der Waals surface area contributed by atoms with Crippen molar-refractivity contribution in [3.8, 4) is 0 Å². The van der Waals surface area contributed by atoms with E-state index < -0.39 is 9.70 Å². The summed E-state index contributed by atoms with van der Waals surface area (Å²) >= 11 is 17.1. The highest BCUT2D eigenvalue weighted by Crippen LogP contribution is 2.31. The van der Waals surface area contributed by atoms with Crippen LogP contribution in [0.15, 0.2) is 54.7 Å². The first kappa shape index (κ1) is 15.1. The highest BCUT2D eigenvalue weighted by atomic mass is 35.6. The fourth-order valence-corrected chi connectivity index (χ4v) is 2.00. The minimum absolute atomic E-state index is 0.282. The lowest BCUT2D eigenvalue weighted by molar-refractivity contribution is -0.117. The van der Waals surface area contributed by atoms with Gasteiger partial charge in [0, 0.05) is 6.20 Å². The molecular formula is C14H11Cl3N2O. The predicted octanol–water partition coefficient (Wildman–Crippen LogP) is 3.99. The van der Waals surface area contributed by atoms with Gasteiger partial charge in [-0.2, -0.15) is 0 Å². The number of hydrogen-bond acceptors (Lipinski definition) is 2. The fourth-order valence-electron chi connectivity index (χ4n) is 1.69. The number of carbonyl (C=O) groups excluding carboxylic acids is 1. The molecule has 0 saturated carbocycles. The van der Waals surface area contributed by atoms with E-state index in [4.69, 9.17) is 34.8 Å². The number of nitrogens with zero attached hydrogens (tertiary/aromatic N) is 2. The Hall–Kier alpha value is -1.29. The molecule has 6 heteroatoms. The Morgan fingerprint density at radius 3 is 2.25 bits per heavy atom. The first-order valence-electron chi connectivity index (χ1n) is 5.82. The van der Waals surface area contributed by atoms with E-state index in [1.807, 2.05) is 30.3 Å². The zero-order chi connectivity index (χ0) is 14.6. The summed E-state index contributed by atoms with van der Waals surface area (Å²) in [5.41, 5.74) is 0.917. The molecule has 0 bridgehead atoms. The zero-order valence-corrected chi connectivity index (χ0v) is 12.6. The molecule has 0 saturated heterocycles. The number of aromatic nitrogens is 1. The van der Waals surface area contributed by atoms with Crippen LogP contribution in [0.25, 0.3) is 0 Å². The number of carbonyl (C=O) groups is 1. The quantitative estimate of drug-likeness (QED) is 0.798. The smallest absolute Gasteiger partial charge is 0.280 e. The summed E-state index contributed by atoms with van der Waals surface area (Å²) in [5, 5.41) is 0. The third-order valence-electron chi connectivity index (χ3n) is 2.60. The van der Waals surface area contributed by atoms with E-state index >= 15 is 0 Å². The van der Waals surface area contributed by atoms with Crippen LogP contribution in [-0.2, 0) is 11.3 Å². The number of alkyl halides is 3. The average molecular weight is 330 g/mol. The molecule has 3 nitrogen and oxygen atoms in total. The van der Waals surface area contributed by atoms with Gasteiger partial charge in [0.15, 0.2) is 0 Å². The molecule has 1 aromatic heterocycles. The van der Waals surface area contributed by atoms with Gasteiger partial charge in [0.25, 0.3) is 9.70 Å². The van der Waals surface area contributed by atoms with Crippen LogP contribution in [0.4, 0.5) is 5.82 Å². The molecule has 1 amide bonds. The van der Waals surface area contributed by atoms with Gasteiger partial charge in [-0.3, -0.25) is 9.69 Å². The minimum Gasteiger partial charge on any atom is -0.289 e. The maximum Gasteiger partial charge on any atom is 0.280 e. The molecule has 0 aliphatic carbocycles.